The van der Waals surface area contributed by atoms with Gasteiger partial charge in [-0.15, -0.1) is 5.10 Å². The van der Waals surface area contributed by atoms with Crippen LogP contribution in [0.15, 0.2) is 6.20 Å². The molecule has 0 aromatic carbocycles. The number of hydrogen-bond acceptors (Lipinski definition) is 3. The minimum atomic E-state index is -0.654. The highest BCUT2D eigenvalue weighted by Gasteiger charge is 2.36. The van der Waals surface area contributed by atoms with E-state index in [4.69, 9.17) is 0 Å². The molecular formula is C10H17N3O. The van der Waals surface area contributed by atoms with Crippen molar-refractivity contribution in [2.75, 3.05) is 0 Å². The zero-order valence-corrected chi connectivity index (χ0v) is 8.61. The molecule has 0 saturated heterocycles. The fraction of sp³-hybridized carbons (Fsp3) is 0.800. The Bertz CT molecular complexity index is 302. The summed E-state index contributed by atoms with van der Waals surface area (Å²) in [7, 11) is 0. The van der Waals surface area contributed by atoms with Gasteiger partial charge in [-0.3, -0.25) is 0 Å². The van der Waals surface area contributed by atoms with Crippen molar-refractivity contribution in [2.24, 2.45) is 0 Å². The lowest BCUT2D eigenvalue weighted by Gasteiger charge is -2.22. The monoisotopic (exact) mass is 195 g/mol. The summed E-state index contributed by atoms with van der Waals surface area (Å²) in [4.78, 5) is 0. The molecule has 1 aliphatic carbocycles. The van der Waals surface area contributed by atoms with Crippen LogP contribution in [0.4, 0.5) is 0 Å². The molecule has 1 fully saturated rings. The van der Waals surface area contributed by atoms with Crippen LogP contribution in [0, 0.1) is 0 Å². The first kappa shape index (κ1) is 9.65. The lowest BCUT2D eigenvalue weighted by atomic mass is 9.98. The first-order valence-electron chi connectivity index (χ1n) is 5.37. The molecule has 1 aromatic heterocycles. The lowest BCUT2D eigenvalue weighted by Crippen LogP contribution is -2.25. The van der Waals surface area contributed by atoms with Gasteiger partial charge >= 0.3 is 0 Å². The van der Waals surface area contributed by atoms with E-state index in [1.807, 2.05) is 4.68 Å². The van der Waals surface area contributed by atoms with Gasteiger partial charge in [-0.2, -0.15) is 0 Å². The van der Waals surface area contributed by atoms with Crippen LogP contribution in [0.1, 0.15) is 44.7 Å². The van der Waals surface area contributed by atoms with E-state index in [0.717, 1.165) is 44.3 Å². The van der Waals surface area contributed by atoms with Crippen molar-refractivity contribution in [1.29, 1.82) is 0 Å². The lowest BCUT2D eigenvalue weighted by molar-refractivity contribution is 0.0349. The fourth-order valence-corrected chi connectivity index (χ4v) is 2.21. The Labute approximate surface area is 83.9 Å². The summed E-state index contributed by atoms with van der Waals surface area (Å²) < 4.78 is 1.84. The fourth-order valence-electron chi connectivity index (χ4n) is 2.21. The standard InChI is InChI=1S/C10H17N3O/c1-2-7-13-9(8-11-12-13)10(14)5-3-4-6-10/h8,14H,2-7H2,1H3. The normalized spacial score (nSPS) is 20.1. The summed E-state index contributed by atoms with van der Waals surface area (Å²) in [5, 5.41) is 18.2. The molecule has 1 aliphatic rings. The molecule has 4 nitrogen and oxygen atoms in total. The number of aromatic nitrogens is 3. The van der Waals surface area contributed by atoms with Crippen LogP contribution in [0.25, 0.3) is 0 Å². The van der Waals surface area contributed by atoms with E-state index in [-0.39, 0.29) is 0 Å². The van der Waals surface area contributed by atoms with Gasteiger partial charge in [0.05, 0.1) is 11.9 Å². The maximum Gasteiger partial charge on any atom is 0.108 e. The molecule has 14 heavy (non-hydrogen) atoms. The molecule has 4 heteroatoms. The Kier molecular flexibility index (Phi) is 2.54. The van der Waals surface area contributed by atoms with Gasteiger partial charge in [0, 0.05) is 6.54 Å². The predicted molar refractivity (Wildman–Crippen MR) is 52.7 cm³/mol. The van der Waals surface area contributed by atoms with Gasteiger partial charge < -0.3 is 5.11 Å². The van der Waals surface area contributed by atoms with Gasteiger partial charge in [-0.1, -0.05) is 25.0 Å². The molecule has 0 radical (unpaired) electrons. The Hall–Kier alpha value is -0.900. The van der Waals surface area contributed by atoms with E-state index in [9.17, 15) is 5.11 Å². The summed E-state index contributed by atoms with van der Waals surface area (Å²) in [6.07, 6.45) is 6.64. The molecule has 2 rings (SSSR count). The maximum absolute atomic E-state index is 10.4. The predicted octanol–water partition coefficient (Wildman–Crippen LogP) is 1.45. The SMILES string of the molecule is CCCn1nncc1C1(O)CCCC1. The first-order valence-corrected chi connectivity index (χ1v) is 5.37. The summed E-state index contributed by atoms with van der Waals surface area (Å²) in [5.74, 6) is 0. The van der Waals surface area contributed by atoms with Gasteiger partial charge in [0.25, 0.3) is 0 Å². The zero-order chi connectivity index (χ0) is 10.0. The number of aliphatic hydroxyl groups is 1. The van der Waals surface area contributed by atoms with Gasteiger partial charge in [0.2, 0.25) is 0 Å². The highest BCUT2D eigenvalue weighted by Crippen LogP contribution is 2.37. The van der Waals surface area contributed by atoms with Crippen LogP contribution < -0.4 is 0 Å². The Morgan fingerprint density at radius 1 is 1.50 bits per heavy atom. The zero-order valence-electron chi connectivity index (χ0n) is 8.61. The van der Waals surface area contributed by atoms with E-state index in [2.05, 4.69) is 17.2 Å². The summed E-state index contributed by atoms with van der Waals surface area (Å²) in [6, 6.07) is 0. The highest BCUT2D eigenvalue weighted by molar-refractivity contribution is 5.10. The van der Waals surface area contributed by atoms with Crippen molar-refractivity contribution in [3.63, 3.8) is 0 Å². The minimum absolute atomic E-state index is 0.654. The van der Waals surface area contributed by atoms with E-state index in [1.165, 1.54) is 0 Å². The third-order valence-corrected chi connectivity index (χ3v) is 2.96. The van der Waals surface area contributed by atoms with Crippen molar-refractivity contribution < 1.29 is 5.11 Å². The number of aryl methyl sites for hydroxylation is 1. The molecule has 1 saturated carbocycles. The van der Waals surface area contributed by atoms with Gasteiger partial charge in [0.1, 0.15) is 5.60 Å². The maximum atomic E-state index is 10.4. The van der Waals surface area contributed by atoms with Crippen LogP contribution >= 0.6 is 0 Å². The van der Waals surface area contributed by atoms with E-state index in [0.29, 0.717) is 0 Å². The molecule has 78 valence electrons. The van der Waals surface area contributed by atoms with Crippen LogP contribution in [0.2, 0.25) is 0 Å². The summed E-state index contributed by atoms with van der Waals surface area (Å²) >= 11 is 0. The van der Waals surface area contributed by atoms with Crippen molar-refractivity contribution in [2.45, 2.75) is 51.2 Å². The second kappa shape index (κ2) is 3.69. The Balaban J connectivity index is 2.25. The number of rotatable bonds is 3. The van der Waals surface area contributed by atoms with Crippen LogP contribution in [-0.4, -0.2) is 20.1 Å². The van der Waals surface area contributed by atoms with Crippen molar-refractivity contribution in [3.05, 3.63) is 11.9 Å². The molecule has 0 aliphatic heterocycles. The Morgan fingerprint density at radius 2 is 2.21 bits per heavy atom. The van der Waals surface area contributed by atoms with Gasteiger partial charge in [0.15, 0.2) is 0 Å². The molecule has 1 heterocycles. The molecule has 0 unspecified atom stereocenters. The molecule has 0 bridgehead atoms. The largest absolute Gasteiger partial charge is 0.384 e. The van der Waals surface area contributed by atoms with Crippen molar-refractivity contribution >= 4 is 0 Å². The van der Waals surface area contributed by atoms with Crippen LogP contribution in [0.5, 0.6) is 0 Å². The van der Waals surface area contributed by atoms with E-state index < -0.39 is 5.60 Å². The second-order valence-corrected chi connectivity index (χ2v) is 4.08. The summed E-state index contributed by atoms with van der Waals surface area (Å²) in [6.45, 7) is 2.95. The third kappa shape index (κ3) is 1.54. The quantitative estimate of drug-likeness (QED) is 0.794. The van der Waals surface area contributed by atoms with E-state index in [1.54, 1.807) is 6.20 Å². The minimum Gasteiger partial charge on any atom is -0.384 e. The highest BCUT2D eigenvalue weighted by atomic mass is 16.3. The van der Waals surface area contributed by atoms with Crippen molar-refractivity contribution in [1.82, 2.24) is 15.0 Å². The third-order valence-electron chi connectivity index (χ3n) is 2.96. The summed E-state index contributed by atoms with van der Waals surface area (Å²) in [5.41, 5.74) is 0.246. The molecular weight excluding hydrogens is 178 g/mol. The second-order valence-electron chi connectivity index (χ2n) is 4.08. The first-order chi connectivity index (χ1) is 6.76. The number of nitrogens with zero attached hydrogens (tertiary/aromatic N) is 3. The van der Waals surface area contributed by atoms with Gasteiger partial charge in [-0.25, -0.2) is 4.68 Å². The van der Waals surface area contributed by atoms with Crippen LogP contribution in [0.3, 0.4) is 0 Å². The molecule has 1 N–H and O–H groups in total. The van der Waals surface area contributed by atoms with Crippen LogP contribution in [-0.2, 0) is 12.1 Å². The average molecular weight is 195 g/mol. The molecule has 1 aromatic rings. The molecule has 0 atom stereocenters. The van der Waals surface area contributed by atoms with E-state index >= 15 is 0 Å². The number of hydrogen-bond donors (Lipinski definition) is 1. The van der Waals surface area contributed by atoms with Gasteiger partial charge in [-0.05, 0) is 19.3 Å². The smallest absolute Gasteiger partial charge is 0.108 e. The van der Waals surface area contributed by atoms with Crippen molar-refractivity contribution in [3.8, 4) is 0 Å². The Morgan fingerprint density at radius 3 is 2.86 bits per heavy atom. The molecule has 0 spiro atoms. The molecule has 0 amide bonds. The average Bonchev–Trinajstić information content (AvgIpc) is 2.75. The topological polar surface area (TPSA) is 50.9 Å².